The summed E-state index contributed by atoms with van der Waals surface area (Å²) in [5.74, 6) is -3.32. The first-order valence-electron chi connectivity index (χ1n) is 8.80. The minimum absolute atomic E-state index is 0.0405. The summed E-state index contributed by atoms with van der Waals surface area (Å²) in [6.07, 6.45) is -3.40. The summed E-state index contributed by atoms with van der Waals surface area (Å²) >= 11 is 0. The van der Waals surface area contributed by atoms with Crippen LogP contribution in [0.25, 0.3) is 0 Å². The van der Waals surface area contributed by atoms with Crippen LogP contribution in [0.2, 0.25) is 0 Å². The third-order valence-electron chi connectivity index (χ3n) is 5.83. The van der Waals surface area contributed by atoms with Crippen molar-refractivity contribution in [2.24, 2.45) is 28.9 Å². The molecule has 156 valence electrons. The average Bonchev–Trinajstić information content (AvgIpc) is 2.92. The van der Waals surface area contributed by atoms with Crippen molar-refractivity contribution in [2.75, 3.05) is 6.54 Å². The lowest BCUT2D eigenvalue weighted by atomic mass is 9.92. The first-order chi connectivity index (χ1) is 12.2. The van der Waals surface area contributed by atoms with Crippen molar-refractivity contribution in [3.63, 3.8) is 0 Å². The van der Waals surface area contributed by atoms with Crippen molar-refractivity contribution < 1.29 is 37.8 Å². The van der Waals surface area contributed by atoms with E-state index in [9.17, 15) is 27.9 Å². The van der Waals surface area contributed by atoms with Crippen molar-refractivity contribution in [1.29, 1.82) is 0 Å². The third-order valence-corrected chi connectivity index (χ3v) is 5.83. The van der Waals surface area contributed by atoms with Gasteiger partial charge in [-0.05, 0) is 17.3 Å². The molecule has 2 fully saturated rings. The number of carbonyl (C=O) groups excluding carboxylic acids is 1. The summed E-state index contributed by atoms with van der Waals surface area (Å²) in [5.41, 5.74) is 6.11. The molecular weight excluding hydrogens is 369 g/mol. The van der Waals surface area contributed by atoms with Crippen LogP contribution in [0, 0.1) is 23.2 Å². The van der Waals surface area contributed by atoms with Gasteiger partial charge in [0, 0.05) is 12.5 Å². The van der Waals surface area contributed by atoms with Crippen molar-refractivity contribution in [1.82, 2.24) is 4.90 Å². The van der Waals surface area contributed by atoms with E-state index in [1.165, 1.54) is 4.90 Å². The number of carboxylic acids is 2. The second-order valence-corrected chi connectivity index (χ2v) is 7.63. The maximum Gasteiger partial charge on any atom is 0.490 e. The van der Waals surface area contributed by atoms with Gasteiger partial charge in [-0.15, -0.1) is 0 Å². The molecule has 0 aromatic rings. The van der Waals surface area contributed by atoms with Crippen LogP contribution in [0.3, 0.4) is 0 Å². The molecule has 0 spiro atoms. The number of likely N-dealkylation sites (tertiary alicyclic amines) is 1. The van der Waals surface area contributed by atoms with Gasteiger partial charge in [-0.2, -0.15) is 13.2 Å². The number of aliphatic carboxylic acids is 2. The Labute approximate surface area is 155 Å². The Morgan fingerprint density at radius 3 is 1.96 bits per heavy atom. The smallest absolute Gasteiger partial charge is 0.480 e. The molecule has 1 saturated heterocycles. The molecule has 2 aliphatic rings. The zero-order chi connectivity index (χ0) is 21.3. The highest BCUT2D eigenvalue weighted by Gasteiger charge is 2.69. The minimum Gasteiger partial charge on any atom is -0.480 e. The Bertz CT molecular complexity index is 590. The number of piperidine rings is 1. The van der Waals surface area contributed by atoms with Gasteiger partial charge in [0.05, 0.1) is 6.04 Å². The molecule has 1 heterocycles. The number of nitrogens with two attached hydrogens (primary N) is 1. The maximum absolute atomic E-state index is 12.5. The van der Waals surface area contributed by atoms with E-state index in [1.54, 1.807) is 0 Å². The molecule has 7 nitrogen and oxygen atoms in total. The third kappa shape index (κ3) is 4.72. The Morgan fingerprint density at radius 2 is 1.63 bits per heavy atom. The number of fused-ring (bicyclic) bond motifs is 1. The Hall–Kier alpha value is -1.84. The van der Waals surface area contributed by atoms with Gasteiger partial charge in [0.1, 0.15) is 6.04 Å². The lowest BCUT2D eigenvalue weighted by molar-refractivity contribution is -0.192. The van der Waals surface area contributed by atoms with Crippen LogP contribution < -0.4 is 5.73 Å². The SMILES string of the molecule is CCC(CC)[C@H](N)C(=O)N1C[C@H]2[C@@H]([C@H]1C(=O)O)C2(C)C.O=C(O)C(F)(F)F. The van der Waals surface area contributed by atoms with E-state index in [1.807, 2.05) is 13.8 Å². The van der Waals surface area contributed by atoms with Gasteiger partial charge >= 0.3 is 18.1 Å². The first-order valence-corrected chi connectivity index (χ1v) is 8.80. The van der Waals surface area contributed by atoms with Crippen molar-refractivity contribution in [2.45, 2.75) is 58.8 Å². The van der Waals surface area contributed by atoms with E-state index in [2.05, 4.69) is 13.8 Å². The lowest BCUT2D eigenvalue weighted by Gasteiger charge is -2.32. The Kier molecular flexibility index (Phi) is 6.90. The second-order valence-electron chi connectivity index (χ2n) is 7.63. The van der Waals surface area contributed by atoms with Gasteiger partial charge in [-0.25, -0.2) is 9.59 Å². The number of nitrogens with zero attached hydrogens (tertiary/aromatic N) is 1. The number of alkyl halides is 3. The minimum atomic E-state index is -5.08. The van der Waals surface area contributed by atoms with Crippen LogP contribution >= 0.6 is 0 Å². The molecule has 4 atom stereocenters. The monoisotopic (exact) mass is 396 g/mol. The van der Waals surface area contributed by atoms with Crippen LogP contribution in [-0.4, -0.2) is 57.8 Å². The fourth-order valence-electron chi connectivity index (χ4n) is 3.99. The summed E-state index contributed by atoms with van der Waals surface area (Å²) in [6, 6.07) is -1.27. The quantitative estimate of drug-likeness (QED) is 0.653. The van der Waals surface area contributed by atoms with Crippen LogP contribution in [0.5, 0.6) is 0 Å². The molecule has 27 heavy (non-hydrogen) atoms. The number of hydrogen-bond donors (Lipinski definition) is 3. The van der Waals surface area contributed by atoms with Gasteiger partial charge in [0.25, 0.3) is 0 Å². The van der Waals surface area contributed by atoms with E-state index in [-0.39, 0.29) is 23.2 Å². The number of halogens is 3. The molecular formula is C17H27F3N2O5. The standard InChI is InChI=1S/C15H26N2O3.C2HF3O2/c1-5-8(6-2)11(16)13(18)17-7-9-10(15(9,3)4)12(17)14(19)20;3-2(4,5)1(6)7/h8-12H,5-7,16H2,1-4H3,(H,19,20);(H,6,7)/t9-,10-,11-,12-;/m0./s1. The summed E-state index contributed by atoms with van der Waals surface area (Å²) in [7, 11) is 0. The molecule has 2 rings (SSSR count). The molecule has 0 aromatic heterocycles. The van der Waals surface area contributed by atoms with E-state index in [4.69, 9.17) is 15.6 Å². The topological polar surface area (TPSA) is 121 Å². The highest BCUT2D eigenvalue weighted by atomic mass is 19.4. The van der Waals surface area contributed by atoms with Crippen molar-refractivity contribution >= 4 is 17.8 Å². The van der Waals surface area contributed by atoms with Crippen LogP contribution in [0.1, 0.15) is 40.5 Å². The zero-order valence-electron chi connectivity index (χ0n) is 15.8. The second kappa shape index (κ2) is 8.04. The number of rotatable bonds is 5. The molecule has 0 aromatic carbocycles. The Morgan fingerprint density at radius 1 is 1.19 bits per heavy atom. The molecule has 0 unspecified atom stereocenters. The molecule has 0 bridgehead atoms. The van der Waals surface area contributed by atoms with Gasteiger partial charge in [0.2, 0.25) is 5.91 Å². The van der Waals surface area contributed by atoms with E-state index >= 15 is 0 Å². The fraction of sp³-hybridized carbons (Fsp3) is 0.824. The maximum atomic E-state index is 12.5. The van der Waals surface area contributed by atoms with Crippen LogP contribution in [0.15, 0.2) is 0 Å². The van der Waals surface area contributed by atoms with Gasteiger partial charge < -0.3 is 20.8 Å². The predicted octanol–water partition coefficient (Wildman–Crippen LogP) is 1.95. The molecule has 0 radical (unpaired) electrons. The normalized spacial score (nSPS) is 26.7. The van der Waals surface area contributed by atoms with Crippen molar-refractivity contribution in [3.8, 4) is 0 Å². The van der Waals surface area contributed by atoms with Gasteiger partial charge in [-0.3, -0.25) is 4.79 Å². The van der Waals surface area contributed by atoms with E-state index in [0.717, 1.165) is 12.8 Å². The first kappa shape index (κ1) is 23.2. The number of hydrogen-bond acceptors (Lipinski definition) is 4. The van der Waals surface area contributed by atoms with E-state index in [0.29, 0.717) is 12.5 Å². The predicted molar refractivity (Wildman–Crippen MR) is 89.6 cm³/mol. The molecule has 4 N–H and O–H groups in total. The van der Waals surface area contributed by atoms with Crippen LogP contribution in [-0.2, 0) is 14.4 Å². The highest BCUT2D eigenvalue weighted by molar-refractivity contribution is 5.88. The average molecular weight is 396 g/mol. The molecule has 1 amide bonds. The number of carbonyl (C=O) groups is 3. The highest BCUT2D eigenvalue weighted by Crippen LogP contribution is 2.64. The number of carboxylic acid groups (broad SMARTS) is 2. The lowest BCUT2D eigenvalue weighted by Crippen LogP contribution is -2.53. The fourth-order valence-corrected chi connectivity index (χ4v) is 3.99. The van der Waals surface area contributed by atoms with Gasteiger partial charge in [-0.1, -0.05) is 40.5 Å². The van der Waals surface area contributed by atoms with Gasteiger partial charge in [0.15, 0.2) is 0 Å². The van der Waals surface area contributed by atoms with Crippen LogP contribution in [0.4, 0.5) is 13.2 Å². The molecule has 1 aliphatic carbocycles. The molecule has 1 saturated carbocycles. The summed E-state index contributed by atoms with van der Waals surface area (Å²) in [4.78, 5) is 34.5. The summed E-state index contributed by atoms with van der Waals surface area (Å²) in [5, 5.41) is 16.6. The zero-order valence-corrected chi connectivity index (χ0v) is 15.8. The van der Waals surface area contributed by atoms with Crippen molar-refractivity contribution in [3.05, 3.63) is 0 Å². The summed E-state index contributed by atoms with van der Waals surface area (Å²) < 4.78 is 31.7. The molecule has 10 heteroatoms. The number of amides is 1. The Balaban J connectivity index is 0.000000445. The molecule has 1 aliphatic heterocycles. The van der Waals surface area contributed by atoms with E-state index < -0.39 is 30.2 Å². The largest absolute Gasteiger partial charge is 0.490 e. The summed E-state index contributed by atoms with van der Waals surface area (Å²) in [6.45, 7) is 8.74.